The van der Waals surface area contributed by atoms with Gasteiger partial charge in [-0.25, -0.2) is 0 Å². The third kappa shape index (κ3) is 3.67. The molecule has 0 fully saturated rings. The van der Waals surface area contributed by atoms with Crippen LogP contribution in [-0.2, 0) is 6.54 Å². The zero-order valence-corrected chi connectivity index (χ0v) is 12.4. The van der Waals surface area contributed by atoms with Gasteiger partial charge in [-0.1, -0.05) is 22.0 Å². The monoisotopic (exact) mass is 321 g/mol. The lowest BCUT2D eigenvalue weighted by Gasteiger charge is -2.08. The molecule has 0 unspecified atom stereocenters. The van der Waals surface area contributed by atoms with Crippen molar-refractivity contribution in [3.8, 4) is 0 Å². The molecule has 0 spiro atoms. The Morgan fingerprint density at radius 1 is 1.42 bits per heavy atom. The van der Waals surface area contributed by atoms with E-state index in [9.17, 15) is 4.79 Å². The summed E-state index contributed by atoms with van der Waals surface area (Å²) in [5.41, 5.74) is 1.68. The number of halogens is 1. The van der Waals surface area contributed by atoms with Crippen molar-refractivity contribution in [1.29, 1.82) is 0 Å². The molecule has 1 aromatic heterocycles. The molecule has 0 aliphatic rings. The second-order valence-electron chi connectivity index (χ2n) is 4.29. The molecule has 1 N–H and O–H groups in total. The van der Waals surface area contributed by atoms with Crippen molar-refractivity contribution >= 4 is 21.8 Å². The number of amides is 1. The predicted octanol–water partition coefficient (Wildman–Crippen LogP) is 2.77. The number of carbonyl (C=O) groups excluding carboxylic acids is 1. The van der Waals surface area contributed by atoms with Gasteiger partial charge in [0.25, 0.3) is 5.91 Å². The van der Waals surface area contributed by atoms with Gasteiger partial charge < -0.3 is 5.32 Å². The fourth-order valence-electron chi connectivity index (χ4n) is 1.82. The lowest BCUT2D eigenvalue weighted by atomic mass is 10.1. The number of hydrogen-bond donors (Lipinski definition) is 1. The molecule has 1 amide bonds. The fraction of sp³-hybridized carbons (Fsp3) is 0.286. The molecule has 100 valence electrons. The lowest BCUT2D eigenvalue weighted by molar-refractivity contribution is 0.0952. The molecule has 0 saturated carbocycles. The van der Waals surface area contributed by atoms with Crippen molar-refractivity contribution in [2.24, 2.45) is 0 Å². The summed E-state index contributed by atoms with van der Waals surface area (Å²) in [6, 6.07) is 7.53. The minimum atomic E-state index is -0.0285. The summed E-state index contributed by atoms with van der Waals surface area (Å²) in [6.45, 7) is 3.39. The second kappa shape index (κ2) is 6.52. The lowest BCUT2D eigenvalue weighted by Crippen LogP contribution is -2.26. The smallest absolute Gasteiger partial charge is 0.251 e. The van der Waals surface area contributed by atoms with Gasteiger partial charge in [-0.15, -0.1) is 0 Å². The Hall–Kier alpha value is -1.62. The molecule has 0 atom stereocenters. The predicted molar refractivity (Wildman–Crippen MR) is 78.1 cm³/mol. The molecule has 5 heteroatoms. The second-order valence-corrected chi connectivity index (χ2v) is 5.15. The highest BCUT2D eigenvalue weighted by Crippen LogP contribution is 2.19. The van der Waals surface area contributed by atoms with Gasteiger partial charge in [0.2, 0.25) is 0 Å². The number of carbonyl (C=O) groups is 1. The quantitative estimate of drug-likeness (QED) is 0.861. The minimum absolute atomic E-state index is 0.0285. The van der Waals surface area contributed by atoms with Crippen LogP contribution in [0.15, 0.2) is 41.1 Å². The summed E-state index contributed by atoms with van der Waals surface area (Å²) >= 11 is 3.43. The van der Waals surface area contributed by atoms with E-state index in [1.165, 1.54) is 0 Å². The van der Waals surface area contributed by atoms with Gasteiger partial charge in [-0.2, -0.15) is 5.10 Å². The van der Waals surface area contributed by atoms with Crippen LogP contribution in [0.25, 0.3) is 0 Å². The van der Waals surface area contributed by atoms with Gasteiger partial charge in [-0.05, 0) is 37.1 Å². The van der Waals surface area contributed by atoms with E-state index in [0.717, 1.165) is 23.0 Å². The van der Waals surface area contributed by atoms with Crippen molar-refractivity contribution in [3.05, 3.63) is 52.3 Å². The largest absolute Gasteiger partial charge is 0.352 e. The maximum Gasteiger partial charge on any atom is 0.251 e. The number of hydrogen-bond acceptors (Lipinski definition) is 2. The summed E-state index contributed by atoms with van der Waals surface area (Å²) in [5.74, 6) is -0.0285. The van der Waals surface area contributed by atoms with Crippen LogP contribution in [0.3, 0.4) is 0 Å². The number of benzene rings is 1. The number of nitrogens with one attached hydrogen (secondary N) is 1. The van der Waals surface area contributed by atoms with Crippen molar-refractivity contribution in [2.45, 2.75) is 19.9 Å². The van der Waals surface area contributed by atoms with Gasteiger partial charge in [0, 0.05) is 35.5 Å². The molecule has 2 aromatic rings. The first kappa shape index (κ1) is 13.8. The molecule has 0 radical (unpaired) electrons. The van der Waals surface area contributed by atoms with E-state index in [-0.39, 0.29) is 5.91 Å². The molecule has 1 heterocycles. The van der Waals surface area contributed by atoms with E-state index in [1.54, 1.807) is 6.20 Å². The average Bonchev–Trinajstić information content (AvgIpc) is 2.91. The third-order valence-corrected chi connectivity index (χ3v) is 3.78. The summed E-state index contributed by atoms with van der Waals surface area (Å²) in [5, 5.41) is 7.04. The van der Waals surface area contributed by atoms with Gasteiger partial charge >= 0.3 is 0 Å². The van der Waals surface area contributed by atoms with E-state index < -0.39 is 0 Å². The van der Waals surface area contributed by atoms with Crippen molar-refractivity contribution in [3.63, 3.8) is 0 Å². The van der Waals surface area contributed by atoms with E-state index in [0.29, 0.717) is 12.1 Å². The minimum Gasteiger partial charge on any atom is -0.352 e. The van der Waals surface area contributed by atoms with Crippen molar-refractivity contribution < 1.29 is 4.79 Å². The molecule has 0 aliphatic carbocycles. The fourth-order valence-corrected chi connectivity index (χ4v) is 2.19. The van der Waals surface area contributed by atoms with Crippen LogP contribution in [-0.4, -0.2) is 22.2 Å². The Bertz CT molecular complexity index is 552. The Kier molecular flexibility index (Phi) is 4.74. The molecular weight excluding hydrogens is 306 g/mol. The van der Waals surface area contributed by atoms with Crippen LogP contribution in [0.5, 0.6) is 0 Å². The molecule has 4 nitrogen and oxygen atoms in total. The van der Waals surface area contributed by atoms with Crippen LogP contribution in [0, 0.1) is 6.92 Å². The summed E-state index contributed by atoms with van der Waals surface area (Å²) in [6.07, 6.45) is 4.53. The highest BCUT2D eigenvalue weighted by atomic mass is 79.9. The van der Waals surface area contributed by atoms with Gasteiger partial charge in [0.1, 0.15) is 0 Å². The Morgan fingerprint density at radius 2 is 2.26 bits per heavy atom. The van der Waals surface area contributed by atoms with Crippen LogP contribution in [0.2, 0.25) is 0 Å². The maximum absolute atomic E-state index is 12.0. The number of nitrogens with zero attached hydrogens (tertiary/aromatic N) is 2. The van der Waals surface area contributed by atoms with Gasteiger partial charge in [-0.3, -0.25) is 9.48 Å². The molecule has 0 aliphatic heterocycles. The summed E-state index contributed by atoms with van der Waals surface area (Å²) in [4.78, 5) is 12.0. The molecule has 1 aromatic carbocycles. The molecule has 19 heavy (non-hydrogen) atoms. The van der Waals surface area contributed by atoms with E-state index in [1.807, 2.05) is 42.1 Å². The number of aryl methyl sites for hydroxylation is 1. The SMILES string of the molecule is Cc1c(Br)cccc1C(=O)NCCCn1cccn1. The Morgan fingerprint density at radius 3 is 3.00 bits per heavy atom. The first-order valence-corrected chi connectivity index (χ1v) is 6.98. The highest BCUT2D eigenvalue weighted by molar-refractivity contribution is 9.10. The number of rotatable bonds is 5. The normalized spacial score (nSPS) is 10.4. The Balaban J connectivity index is 1.83. The molecule has 2 rings (SSSR count). The van der Waals surface area contributed by atoms with Crippen LogP contribution < -0.4 is 5.32 Å². The molecule has 0 bridgehead atoms. The summed E-state index contributed by atoms with van der Waals surface area (Å²) < 4.78 is 2.81. The first-order valence-electron chi connectivity index (χ1n) is 6.19. The van der Waals surface area contributed by atoms with E-state index in [2.05, 4.69) is 26.3 Å². The van der Waals surface area contributed by atoms with Crippen molar-refractivity contribution in [2.75, 3.05) is 6.54 Å². The maximum atomic E-state index is 12.0. The molecular formula is C14H16BrN3O. The van der Waals surface area contributed by atoms with Gasteiger partial charge in [0.15, 0.2) is 0 Å². The summed E-state index contributed by atoms with van der Waals surface area (Å²) in [7, 11) is 0. The van der Waals surface area contributed by atoms with Crippen molar-refractivity contribution in [1.82, 2.24) is 15.1 Å². The third-order valence-electron chi connectivity index (χ3n) is 2.92. The van der Waals surface area contributed by atoms with Crippen LogP contribution in [0.1, 0.15) is 22.3 Å². The topological polar surface area (TPSA) is 46.9 Å². The number of aromatic nitrogens is 2. The van der Waals surface area contributed by atoms with E-state index >= 15 is 0 Å². The average molecular weight is 322 g/mol. The highest BCUT2D eigenvalue weighted by Gasteiger charge is 2.09. The van der Waals surface area contributed by atoms with Crippen LogP contribution in [0.4, 0.5) is 0 Å². The van der Waals surface area contributed by atoms with Gasteiger partial charge in [0.05, 0.1) is 0 Å². The first-order chi connectivity index (χ1) is 9.18. The molecule has 0 saturated heterocycles. The zero-order chi connectivity index (χ0) is 13.7. The zero-order valence-electron chi connectivity index (χ0n) is 10.8. The Labute approximate surface area is 120 Å². The van der Waals surface area contributed by atoms with Crippen LogP contribution >= 0.6 is 15.9 Å². The van der Waals surface area contributed by atoms with E-state index in [4.69, 9.17) is 0 Å². The standard InChI is InChI=1S/C14H16BrN3O/c1-11-12(5-2-6-13(11)15)14(19)16-7-3-9-18-10-4-8-17-18/h2,4-6,8,10H,3,7,9H2,1H3,(H,16,19).